The van der Waals surface area contributed by atoms with E-state index in [1.807, 2.05) is 43.3 Å². The van der Waals surface area contributed by atoms with Gasteiger partial charge in [-0.3, -0.25) is 14.3 Å². The number of nitrogens with zero attached hydrogens (tertiary/aromatic N) is 4. The molecule has 1 aromatic carbocycles. The number of nitrogens with one attached hydrogen (secondary N) is 1. The maximum Gasteiger partial charge on any atom is 0.346 e. The summed E-state index contributed by atoms with van der Waals surface area (Å²) < 4.78 is 8.63. The maximum atomic E-state index is 12.8. The molecule has 3 aromatic rings. The van der Waals surface area contributed by atoms with Crippen LogP contribution in [0.25, 0.3) is 11.4 Å². The van der Waals surface area contributed by atoms with Crippen molar-refractivity contribution in [2.45, 2.75) is 32.4 Å². The molecule has 1 aliphatic carbocycles. The summed E-state index contributed by atoms with van der Waals surface area (Å²) in [6.07, 6.45) is 5.35. The molecule has 1 fully saturated rings. The van der Waals surface area contributed by atoms with Gasteiger partial charge >= 0.3 is 5.69 Å². The summed E-state index contributed by atoms with van der Waals surface area (Å²) in [6.45, 7) is 2.48. The van der Waals surface area contributed by atoms with Gasteiger partial charge in [-0.15, -0.1) is 5.10 Å². The first-order chi connectivity index (χ1) is 14.1. The molecule has 1 saturated carbocycles. The van der Waals surface area contributed by atoms with E-state index in [0.717, 1.165) is 24.0 Å². The Kier molecular flexibility index (Phi) is 5.41. The minimum atomic E-state index is -0.242. The minimum absolute atomic E-state index is 0.0736. The van der Waals surface area contributed by atoms with E-state index < -0.39 is 0 Å². The van der Waals surface area contributed by atoms with Crippen LogP contribution in [0.15, 0.2) is 53.6 Å². The number of carbonyl (C=O) groups is 1. The predicted molar refractivity (Wildman–Crippen MR) is 108 cm³/mol. The average Bonchev–Trinajstić information content (AvgIpc) is 3.51. The first kappa shape index (κ1) is 18.9. The number of ether oxygens (including phenoxy) is 1. The number of benzene rings is 1. The van der Waals surface area contributed by atoms with Gasteiger partial charge in [-0.1, -0.05) is 12.1 Å². The smallest absolute Gasteiger partial charge is 0.346 e. The molecule has 0 aliphatic heterocycles. The molecule has 0 bridgehead atoms. The lowest BCUT2D eigenvalue weighted by Crippen LogP contribution is -2.34. The summed E-state index contributed by atoms with van der Waals surface area (Å²) in [5, 5.41) is 7.26. The number of rotatable bonds is 8. The maximum absolute atomic E-state index is 12.8. The number of aromatic nitrogens is 4. The lowest BCUT2D eigenvalue weighted by atomic mass is 10.2. The molecule has 0 spiro atoms. The monoisotopic (exact) mass is 393 g/mol. The van der Waals surface area contributed by atoms with Crippen LogP contribution in [0, 0.1) is 6.92 Å². The summed E-state index contributed by atoms with van der Waals surface area (Å²) in [5.41, 5.74) is 1.72. The molecule has 1 N–H and O–H groups in total. The summed E-state index contributed by atoms with van der Waals surface area (Å²) in [6, 6.07) is 11.4. The highest BCUT2D eigenvalue weighted by Crippen LogP contribution is 2.36. The van der Waals surface area contributed by atoms with Gasteiger partial charge in [-0.25, -0.2) is 9.48 Å². The molecule has 0 unspecified atom stereocenters. The third kappa shape index (κ3) is 4.53. The van der Waals surface area contributed by atoms with Gasteiger partial charge in [0.25, 0.3) is 5.91 Å². The third-order valence-electron chi connectivity index (χ3n) is 4.71. The zero-order valence-corrected chi connectivity index (χ0v) is 16.2. The highest BCUT2D eigenvalue weighted by Gasteiger charge is 2.30. The molecule has 8 heteroatoms. The Balaban J connectivity index is 1.36. The summed E-state index contributed by atoms with van der Waals surface area (Å²) >= 11 is 0. The second-order valence-electron chi connectivity index (χ2n) is 7.13. The molecule has 1 aliphatic rings. The lowest BCUT2D eigenvalue weighted by molar-refractivity contribution is -0.123. The molecule has 2 heterocycles. The van der Waals surface area contributed by atoms with Crippen molar-refractivity contribution in [1.29, 1.82) is 0 Å². The summed E-state index contributed by atoms with van der Waals surface area (Å²) in [7, 11) is 0. The van der Waals surface area contributed by atoms with Gasteiger partial charge in [0.05, 0.1) is 6.54 Å². The Labute approximate surface area is 168 Å². The third-order valence-corrected chi connectivity index (χ3v) is 4.71. The van der Waals surface area contributed by atoms with Crippen LogP contribution >= 0.6 is 0 Å². The van der Waals surface area contributed by atoms with Gasteiger partial charge in [-0.05, 0) is 49.6 Å². The highest BCUT2D eigenvalue weighted by atomic mass is 16.5. The van der Waals surface area contributed by atoms with Crippen molar-refractivity contribution in [3.63, 3.8) is 0 Å². The number of amides is 1. The Morgan fingerprint density at radius 3 is 2.86 bits per heavy atom. The molecule has 0 saturated heterocycles. The zero-order chi connectivity index (χ0) is 20.2. The normalized spacial score (nSPS) is 13.3. The molecule has 8 nitrogen and oxygen atoms in total. The van der Waals surface area contributed by atoms with Crippen molar-refractivity contribution >= 4 is 5.91 Å². The molecule has 2 aromatic heterocycles. The van der Waals surface area contributed by atoms with E-state index in [1.54, 1.807) is 17.0 Å². The number of hydrogen-bond donors (Lipinski definition) is 1. The van der Waals surface area contributed by atoms with Crippen molar-refractivity contribution in [1.82, 2.24) is 24.6 Å². The van der Waals surface area contributed by atoms with E-state index >= 15 is 0 Å². The predicted octanol–water partition coefficient (Wildman–Crippen LogP) is 1.95. The number of hydrogen-bond acceptors (Lipinski definition) is 5. The molecular formula is C21H23N5O3. The van der Waals surface area contributed by atoms with Crippen molar-refractivity contribution in [2.24, 2.45) is 0 Å². The van der Waals surface area contributed by atoms with E-state index in [9.17, 15) is 9.59 Å². The van der Waals surface area contributed by atoms with Crippen LogP contribution in [0.4, 0.5) is 0 Å². The van der Waals surface area contributed by atoms with Crippen LogP contribution in [0.1, 0.15) is 24.4 Å². The molecule has 0 atom stereocenters. The van der Waals surface area contributed by atoms with Gasteiger partial charge in [0.1, 0.15) is 5.75 Å². The number of aryl methyl sites for hydroxylation is 1. The van der Waals surface area contributed by atoms with E-state index in [0.29, 0.717) is 24.7 Å². The fraction of sp³-hybridized carbons (Fsp3) is 0.333. The number of pyridine rings is 1. The molecular weight excluding hydrogens is 370 g/mol. The Bertz CT molecular complexity index is 1050. The summed E-state index contributed by atoms with van der Waals surface area (Å²) in [5.74, 6) is 1.04. The average molecular weight is 393 g/mol. The second-order valence-corrected chi connectivity index (χ2v) is 7.13. The standard InChI is InChI=1S/C21H23N5O3/c1-15-4-2-6-18(12-15)29-14-19(27)23-10-11-25-21(28)26(17-7-8-17)20(24-25)16-5-3-9-22-13-16/h2-6,9,12-13,17H,7-8,10-11,14H2,1H3,(H,23,27). The van der Waals surface area contributed by atoms with Crippen molar-refractivity contribution in [2.75, 3.05) is 13.2 Å². The summed E-state index contributed by atoms with van der Waals surface area (Å²) in [4.78, 5) is 28.9. The Hall–Kier alpha value is -3.42. The van der Waals surface area contributed by atoms with Gasteiger partial charge in [-0.2, -0.15) is 0 Å². The van der Waals surface area contributed by atoms with Gasteiger partial charge in [0.2, 0.25) is 0 Å². The molecule has 4 rings (SSSR count). The van der Waals surface area contributed by atoms with Gasteiger partial charge in [0, 0.05) is 30.5 Å². The van der Waals surface area contributed by atoms with Crippen LogP contribution in [0.5, 0.6) is 5.75 Å². The fourth-order valence-electron chi connectivity index (χ4n) is 3.13. The Morgan fingerprint density at radius 2 is 2.14 bits per heavy atom. The van der Waals surface area contributed by atoms with E-state index in [-0.39, 0.29) is 24.2 Å². The minimum Gasteiger partial charge on any atom is -0.484 e. The fourth-order valence-corrected chi connectivity index (χ4v) is 3.13. The molecule has 0 radical (unpaired) electrons. The SMILES string of the molecule is Cc1cccc(OCC(=O)NCCn2nc(-c3cccnc3)n(C3CC3)c2=O)c1. The van der Waals surface area contributed by atoms with Crippen LogP contribution in [-0.4, -0.2) is 38.4 Å². The van der Waals surface area contributed by atoms with Crippen LogP contribution in [0.2, 0.25) is 0 Å². The first-order valence-corrected chi connectivity index (χ1v) is 9.68. The number of carbonyl (C=O) groups excluding carboxylic acids is 1. The molecule has 1 amide bonds. The Morgan fingerprint density at radius 1 is 1.28 bits per heavy atom. The van der Waals surface area contributed by atoms with Crippen LogP contribution < -0.4 is 15.7 Å². The van der Waals surface area contributed by atoms with Crippen molar-refractivity contribution < 1.29 is 9.53 Å². The van der Waals surface area contributed by atoms with Crippen LogP contribution in [0.3, 0.4) is 0 Å². The zero-order valence-electron chi connectivity index (χ0n) is 16.2. The van der Waals surface area contributed by atoms with E-state index in [1.165, 1.54) is 4.68 Å². The van der Waals surface area contributed by atoms with E-state index in [4.69, 9.17) is 4.74 Å². The van der Waals surface area contributed by atoms with Crippen molar-refractivity contribution in [3.8, 4) is 17.1 Å². The molecule has 150 valence electrons. The van der Waals surface area contributed by atoms with Gasteiger partial charge in [0.15, 0.2) is 12.4 Å². The van der Waals surface area contributed by atoms with E-state index in [2.05, 4.69) is 15.4 Å². The highest BCUT2D eigenvalue weighted by molar-refractivity contribution is 5.77. The topological polar surface area (TPSA) is 91.0 Å². The first-order valence-electron chi connectivity index (χ1n) is 9.68. The largest absolute Gasteiger partial charge is 0.484 e. The lowest BCUT2D eigenvalue weighted by Gasteiger charge is -2.07. The quantitative estimate of drug-likeness (QED) is 0.632. The van der Waals surface area contributed by atoms with Crippen LogP contribution in [-0.2, 0) is 11.3 Å². The van der Waals surface area contributed by atoms with Gasteiger partial charge < -0.3 is 10.1 Å². The van der Waals surface area contributed by atoms with Crippen molar-refractivity contribution in [3.05, 3.63) is 64.8 Å². The second kappa shape index (κ2) is 8.30. The molecule has 29 heavy (non-hydrogen) atoms.